The molecule has 0 aliphatic carbocycles. The van der Waals surface area contributed by atoms with E-state index in [2.05, 4.69) is 0 Å². The van der Waals surface area contributed by atoms with Crippen molar-refractivity contribution < 1.29 is 13.5 Å². The average Bonchev–Trinajstić information content (AvgIpc) is 2.70. The molecule has 0 saturated carbocycles. The highest BCUT2D eigenvalue weighted by Gasteiger charge is 2.36. The first-order valence-corrected chi connectivity index (χ1v) is 8.87. The zero-order valence-corrected chi connectivity index (χ0v) is 13.2. The third-order valence-electron chi connectivity index (χ3n) is 3.79. The monoisotopic (exact) mass is 303 g/mol. The van der Waals surface area contributed by atoms with Crippen LogP contribution in [0.25, 0.3) is 0 Å². The number of aliphatic hydroxyl groups excluding tert-OH is 1. The Hall–Kier alpha value is -0.430. The zero-order chi connectivity index (χ0) is 14.2. The first kappa shape index (κ1) is 15.0. The summed E-state index contributed by atoms with van der Waals surface area (Å²) in [7, 11) is -3.43. The van der Waals surface area contributed by atoms with Gasteiger partial charge in [0.25, 0.3) is 10.0 Å². The minimum atomic E-state index is -3.43. The summed E-state index contributed by atoms with van der Waals surface area (Å²) in [4.78, 5) is 0.732. The fraction of sp³-hybridized carbons (Fsp3) is 0.692. The van der Waals surface area contributed by atoms with Crippen molar-refractivity contribution in [2.75, 3.05) is 0 Å². The van der Waals surface area contributed by atoms with Gasteiger partial charge in [-0.2, -0.15) is 4.31 Å². The van der Waals surface area contributed by atoms with Gasteiger partial charge in [0.15, 0.2) is 0 Å². The molecule has 1 aliphatic rings. The van der Waals surface area contributed by atoms with Gasteiger partial charge in [-0.15, -0.1) is 11.3 Å². The molecule has 0 radical (unpaired) electrons. The lowest BCUT2D eigenvalue weighted by atomic mass is 10.0. The quantitative estimate of drug-likeness (QED) is 0.933. The molecule has 2 atom stereocenters. The van der Waals surface area contributed by atoms with E-state index < -0.39 is 10.0 Å². The van der Waals surface area contributed by atoms with Gasteiger partial charge in [0.2, 0.25) is 0 Å². The van der Waals surface area contributed by atoms with E-state index in [1.54, 1.807) is 10.4 Å². The van der Waals surface area contributed by atoms with Crippen molar-refractivity contribution in [2.24, 2.45) is 0 Å². The normalized spacial score (nSPS) is 25.7. The second-order valence-corrected chi connectivity index (χ2v) is 8.50. The van der Waals surface area contributed by atoms with Gasteiger partial charge in [-0.1, -0.05) is 6.42 Å². The molecule has 0 spiro atoms. The summed E-state index contributed by atoms with van der Waals surface area (Å²) < 4.78 is 27.5. The van der Waals surface area contributed by atoms with Crippen LogP contribution in [-0.2, 0) is 16.6 Å². The number of rotatable bonds is 3. The molecule has 1 aliphatic heterocycles. The molecule has 0 bridgehead atoms. The number of aliphatic hydroxyl groups is 1. The molecule has 2 rings (SSSR count). The predicted molar refractivity (Wildman–Crippen MR) is 76.8 cm³/mol. The second-order valence-electron chi connectivity index (χ2n) is 5.29. The van der Waals surface area contributed by atoms with Crippen molar-refractivity contribution in [3.8, 4) is 0 Å². The van der Waals surface area contributed by atoms with Crippen molar-refractivity contribution in [2.45, 2.75) is 62.9 Å². The standard InChI is InChI=1S/C13H21NO3S2/c1-9-7-13(18-12(9)8-15)19(16,17)14-10(2)5-4-6-11(14)3/h7,10-11,15H,4-6,8H2,1-3H3. The SMILES string of the molecule is Cc1cc(S(=O)(=O)N2C(C)CCCC2C)sc1CO. The molecule has 1 N–H and O–H groups in total. The number of nitrogens with zero attached hydrogens (tertiary/aromatic N) is 1. The van der Waals surface area contributed by atoms with E-state index in [0.717, 1.165) is 29.7 Å². The maximum Gasteiger partial charge on any atom is 0.253 e. The molecule has 2 heterocycles. The molecule has 19 heavy (non-hydrogen) atoms. The molecule has 1 fully saturated rings. The molecule has 1 aromatic rings. The van der Waals surface area contributed by atoms with Crippen LogP contribution in [-0.4, -0.2) is 29.9 Å². The smallest absolute Gasteiger partial charge is 0.253 e. The van der Waals surface area contributed by atoms with Gasteiger partial charge in [-0.05, 0) is 45.2 Å². The van der Waals surface area contributed by atoms with Crippen LogP contribution in [0.15, 0.2) is 10.3 Å². The largest absolute Gasteiger partial charge is 0.391 e. The number of piperidine rings is 1. The minimum Gasteiger partial charge on any atom is -0.391 e. The molecule has 1 saturated heterocycles. The first-order chi connectivity index (χ1) is 8.87. The number of thiophene rings is 1. The van der Waals surface area contributed by atoms with Crippen LogP contribution >= 0.6 is 11.3 Å². The van der Waals surface area contributed by atoms with Crippen molar-refractivity contribution in [1.29, 1.82) is 0 Å². The Morgan fingerprint density at radius 2 is 1.95 bits per heavy atom. The van der Waals surface area contributed by atoms with Gasteiger partial charge in [0.05, 0.1) is 6.61 Å². The van der Waals surface area contributed by atoms with Gasteiger partial charge < -0.3 is 5.11 Å². The van der Waals surface area contributed by atoms with Crippen molar-refractivity contribution in [3.05, 3.63) is 16.5 Å². The Bertz CT molecular complexity index is 540. The molecule has 1 aromatic heterocycles. The summed E-state index contributed by atoms with van der Waals surface area (Å²) in [6.07, 6.45) is 2.92. The molecular formula is C13H21NO3S2. The van der Waals surface area contributed by atoms with E-state index >= 15 is 0 Å². The van der Waals surface area contributed by atoms with Crippen molar-refractivity contribution in [3.63, 3.8) is 0 Å². The first-order valence-electron chi connectivity index (χ1n) is 6.61. The van der Waals surface area contributed by atoms with Crippen LogP contribution < -0.4 is 0 Å². The van der Waals surface area contributed by atoms with E-state index in [4.69, 9.17) is 0 Å². The van der Waals surface area contributed by atoms with Crippen molar-refractivity contribution >= 4 is 21.4 Å². The maximum absolute atomic E-state index is 12.7. The van der Waals surface area contributed by atoms with Crippen LogP contribution in [0, 0.1) is 6.92 Å². The summed E-state index contributed by atoms with van der Waals surface area (Å²) in [5, 5.41) is 9.21. The van der Waals surface area contributed by atoms with Gasteiger partial charge in [0, 0.05) is 17.0 Å². The fourth-order valence-corrected chi connectivity index (χ4v) is 6.18. The lowest BCUT2D eigenvalue weighted by Gasteiger charge is -2.37. The molecule has 6 heteroatoms. The van der Waals surface area contributed by atoms with Crippen LogP contribution in [0.1, 0.15) is 43.6 Å². The summed E-state index contributed by atoms with van der Waals surface area (Å²) >= 11 is 1.18. The molecule has 0 amide bonds. The Morgan fingerprint density at radius 3 is 2.42 bits per heavy atom. The molecule has 4 nitrogen and oxygen atoms in total. The summed E-state index contributed by atoms with van der Waals surface area (Å²) in [5.41, 5.74) is 0.850. The van der Waals surface area contributed by atoms with Gasteiger partial charge in [-0.3, -0.25) is 0 Å². The van der Waals surface area contributed by atoms with Gasteiger partial charge in [0.1, 0.15) is 4.21 Å². The number of hydrogen-bond acceptors (Lipinski definition) is 4. The third-order valence-corrected chi connectivity index (χ3v) is 7.59. The van der Waals surface area contributed by atoms with Gasteiger partial charge in [-0.25, -0.2) is 8.42 Å². The number of aryl methyl sites for hydroxylation is 1. The van der Waals surface area contributed by atoms with E-state index in [0.29, 0.717) is 4.21 Å². The number of sulfonamides is 1. The lowest BCUT2D eigenvalue weighted by Crippen LogP contribution is -2.47. The molecular weight excluding hydrogens is 282 g/mol. The minimum absolute atomic E-state index is 0.0498. The average molecular weight is 303 g/mol. The topological polar surface area (TPSA) is 57.6 Å². The van der Waals surface area contributed by atoms with Crippen LogP contribution in [0.5, 0.6) is 0 Å². The highest BCUT2D eigenvalue weighted by atomic mass is 32.2. The highest BCUT2D eigenvalue weighted by molar-refractivity contribution is 7.91. The van der Waals surface area contributed by atoms with Crippen LogP contribution in [0.2, 0.25) is 0 Å². The van der Waals surface area contributed by atoms with Crippen molar-refractivity contribution in [1.82, 2.24) is 4.31 Å². The van der Waals surface area contributed by atoms with E-state index in [1.807, 2.05) is 20.8 Å². The molecule has 108 valence electrons. The summed E-state index contributed by atoms with van der Waals surface area (Å²) in [6, 6.07) is 1.78. The van der Waals surface area contributed by atoms with Crippen LogP contribution in [0.4, 0.5) is 0 Å². The fourth-order valence-electron chi connectivity index (χ4n) is 2.75. The van der Waals surface area contributed by atoms with Crippen LogP contribution in [0.3, 0.4) is 0 Å². The predicted octanol–water partition coefficient (Wildman–Crippen LogP) is 2.50. The Morgan fingerprint density at radius 1 is 1.37 bits per heavy atom. The second kappa shape index (κ2) is 5.52. The van der Waals surface area contributed by atoms with Gasteiger partial charge >= 0.3 is 0 Å². The maximum atomic E-state index is 12.7. The van der Waals surface area contributed by atoms with E-state index in [-0.39, 0.29) is 18.7 Å². The number of hydrogen-bond donors (Lipinski definition) is 1. The summed E-state index contributed by atoms with van der Waals surface area (Å²) in [6.45, 7) is 5.68. The zero-order valence-electron chi connectivity index (χ0n) is 11.6. The highest BCUT2D eigenvalue weighted by Crippen LogP contribution is 2.34. The molecule has 2 unspecified atom stereocenters. The third kappa shape index (κ3) is 2.72. The molecule has 0 aromatic carbocycles. The summed E-state index contributed by atoms with van der Waals surface area (Å²) in [5.74, 6) is 0. The Balaban J connectivity index is 2.40. The Labute approximate surface area is 119 Å². The van der Waals surface area contributed by atoms with E-state index in [1.165, 1.54) is 11.3 Å². The Kier molecular flexibility index (Phi) is 4.35. The van der Waals surface area contributed by atoms with E-state index in [9.17, 15) is 13.5 Å². The lowest BCUT2D eigenvalue weighted by molar-refractivity contribution is 0.204.